The summed E-state index contributed by atoms with van der Waals surface area (Å²) in [5, 5.41) is 10.0. The molecular weight excluding hydrogens is 162 g/mol. The van der Waals surface area contributed by atoms with E-state index >= 15 is 0 Å². The second-order valence-electron chi connectivity index (χ2n) is 2.83. The highest BCUT2D eigenvalue weighted by Crippen LogP contribution is 2.20. The van der Waals surface area contributed by atoms with Gasteiger partial charge in [0.1, 0.15) is 0 Å². The molecule has 0 aliphatic heterocycles. The van der Waals surface area contributed by atoms with Crippen molar-refractivity contribution in [2.75, 3.05) is 0 Å². The molecule has 0 aliphatic rings. The van der Waals surface area contributed by atoms with Crippen molar-refractivity contribution in [1.82, 2.24) is 4.98 Å². The van der Waals surface area contributed by atoms with Crippen LogP contribution in [0.25, 0.3) is 10.9 Å². The molecule has 2 nitrogen and oxygen atoms in total. The Morgan fingerprint density at radius 2 is 2.15 bits per heavy atom. The molecule has 2 N–H and O–H groups in total. The maximum Gasteiger partial charge on any atom is 0.0843 e. The average molecular weight is 171 g/mol. The third kappa shape index (κ3) is 1.10. The monoisotopic (exact) mass is 171 g/mol. The number of aliphatic hydroxyl groups is 1. The number of rotatable bonds is 1. The number of fused-ring (bicyclic) bond motifs is 1. The fraction of sp³-hybridized carbons (Fsp3) is 0.0909. The van der Waals surface area contributed by atoms with Crippen LogP contribution < -0.4 is 0 Å². The molecule has 0 amide bonds. The summed E-state index contributed by atoms with van der Waals surface area (Å²) in [6.07, 6.45) is 5.36. The van der Waals surface area contributed by atoms with Gasteiger partial charge in [-0.2, -0.15) is 0 Å². The highest BCUT2D eigenvalue weighted by atomic mass is 16.3. The van der Waals surface area contributed by atoms with Gasteiger partial charge < -0.3 is 10.1 Å². The SMILES string of the molecule is C#Cc1c(CO)[nH]c2ccccc12. The molecule has 1 heterocycles. The van der Waals surface area contributed by atoms with Crippen molar-refractivity contribution in [3.05, 3.63) is 35.5 Å². The summed E-state index contributed by atoms with van der Waals surface area (Å²) in [5.74, 6) is 2.58. The number of para-hydroxylation sites is 1. The van der Waals surface area contributed by atoms with Crippen LogP contribution in [0.2, 0.25) is 0 Å². The van der Waals surface area contributed by atoms with Gasteiger partial charge in [-0.05, 0) is 6.07 Å². The number of hydrogen-bond acceptors (Lipinski definition) is 1. The van der Waals surface area contributed by atoms with Gasteiger partial charge in [-0.15, -0.1) is 6.42 Å². The molecule has 13 heavy (non-hydrogen) atoms. The number of H-pyrrole nitrogens is 1. The van der Waals surface area contributed by atoms with Crippen molar-refractivity contribution in [3.8, 4) is 12.3 Å². The van der Waals surface area contributed by atoms with Crippen LogP contribution in [0.1, 0.15) is 11.3 Å². The van der Waals surface area contributed by atoms with E-state index < -0.39 is 0 Å². The summed E-state index contributed by atoms with van der Waals surface area (Å²) in [5.41, 5.74) is 2.45. The smallest absolute Gasteiger partial charge is 0.0843 e. The topological polar surface area (TPSA) is 36.0 Å². The lowest BCUT2D eigenvalue weighted by Gasteiger charge is -1.90. The predicted molar refractivity (Wildman–Crippen MR) is 52.2 cm³/mol. The van der Waals surface area contributed by atoms with E-state index in [0.717, 1.165) is 16.5 Å². The van der Waals surface area contributed by atoms with Crippen LogP contribution >= 0.6 is 0 Å². The summed E-state index contributed by atoms with van der Waals surface area (Å²) < 4.78 is 0. The first-order valence-electron chi connectivity index (χ1n) is 4.04. The Labute approximate surface area is 76.2 Å². The molecule has 0 fully saturated rings. The van der Waals surface area contributed by atoms with Crippen molar-refractivity contribution in [1.29, 1.82) is 0 Å². The van der Waals surface area contributed by atoms with E-state index in [2.05, 4.69) is 10.9 Å². The number of aromatic amines is 1. The first-order valence-corrected chi connectivity index (χ1v) is 4.04. The first kappa shape index (κ1) is 7.90. The highest BCUT2D eigenvalue weighted by molar-refractivity contribution is 5.87. The Kier molecular flexibility index (Phi) is 1.80. The van der Waals surface area contributed by atoms with E-state index in [4.69, 9.17) is 11.5 Å². The van der Waals surface area contributed by atoms with Crippen LogP contribution in [0.4, 0.5) is 0 Å². The van der Waals surface area contributed by atoms with Gasteiger partial charge in [-0.3, -0.25) is 0 Å². The standard InChI is InChI=1S/C11H9NO/c1-2-8-9-5-3-4-6-10(9)12-11(8)7-13/h1,3-6,12-13H,7H2. The number of nitrogens with one attached hydrogen (secondary N) is 1. The number of aliphatic hydroxyl groups excluding tert-OH is 1. The van der Waals surface area contributed by atoms with Crippen molar-refractivity contribution in [2.45, 2.75) is 6.61 Å². The second kappa shape index (κ2) is 2.96. The molecule has 0 aliphatic carbocycles. The van der Waals surface area contributed by atoms with E-state index in [1.807, 2.05) is 24.3 Å². The van der Waals surface area contributed by atoms with Gasteiger partial charge in [0.05, 0.1) is 17.9 Å². The zero-order valence-electron chi connectivity index (χ0n) is 7.04. The van der Waals surface area contributed by atoms with Gasteiger partial charge in [-0.1, -0.05) is 24.1 Å². The molecule has 0 saturated carbocycles. The normalized spacial score (nSPS) is 10.2. The zero-order valence-corrected chi connectivity index (χ0v) is 7.04. The molecule has 2 heteroatoms. The Hall–Kier alpha value is -1.72. The van der Waals surface area contributed by atoms with Crippen molar-refractivity contribution < 1.29 is 5.11 Å². The van der Waals surface area contributed by atoms with Gasteiger partial charge in [0.15, 0.2) is 0 Å². The minimum Gasteiger partial charge on any atom is -0.390 e. The average Bonchev–Trinajstić information content (AvgIpc) is 2.55. The maximum atomic E-state index is 9.02. The van der Waals surface area contributed by atoms with Gasteiger partial charge in [0.2, 0.25) is 0 Å². The van der Waals surface area contributed by atoms with Crippen molar-refractivity contribution >= 4 is 10.9 Å². The largest absolute Gasteiger partial charge is 0.390 e. The highest BCUT2D eigenvalue weighted by Gasteiger charge is 2.06. The molecule has 0 bridgehead atoms. The lowest BCUT2D eigenvalue weighted by molar-refractivity contribution is 0.277. The third-order valence-corrected chi connectivity index (χ3v) is 2.09. The summed E-state index contributed by atoms with van der Waals surface area (Å²) in [6, 6.07) is 7.74. The lowest BCUT2D eigenvalue weighted by atomic mass is 10.1. The zero-order chi connectivity index (χ0) is 9.26. The first-order chi connectivity index (χ1) is 6.36. The minimum atomic E-state index is -0.0474. The maximum absolute atomic E-state index is 9.02. The Balaban J connectivity index is 2.83. The molecule has 0 atom stereocenters. The Bertz CT molecular complexity index is 476. The van der Waals surface area contributed by atoms with Crippen LogP contribution in [0.15, 0.2) is 24.3 Å². The van der Waals surface area contributed by atoms with Crippen LogP contribution in [-0.4, -0.2) is 10.1 Å². The fourth-order valence-electron chi connectivity index (χ4n) is 1.48. The van der Waals surface area contributed by atoms with Crippen LogP contribution in [0.3, 0.4) is 0 Å². The van der Waals surface area contributed by atoms with Gasteiger partial charge >= 0.3 is 0 Å². The minimum absolute atomic E-state index is 0.0474. The quantitative estimate of drug-likeness (QED) is 0.629. The number of benzene rings is 1. The lowest BCUT2D eigenvalue weighted by Crippen LogP contribution is -1.85. The van der Waals surface area contributed by atoms with Gasteiger partial charge in [0, 0.05) is 10.9 Å². The van der Waals surface area contributed by atoms with Crippen molar-refractivity contribution in [3.63, 3.8) is 0 Å². The van der Waals surface area contributed by atoms with E-state index in [9.17, 15) is 0 Å². The van der Waals surface area contributed by atoms with E-state index in [1.165, 1.54) is 0 Å². The van der Waals surface area contributed by atoms with Crippen LogP contribution in [-0.2, 0) is 6.61 Å². The number of terminal acetylenes is 1. The van der Waals surface area contributed by atoms with Crippen LogP contribution in [0, 0.1) is 12.3 Å². The van der Waals surface area contributed by atoms with Gasteiger partial charge in [-0.25, -0.2) is 0 Å². The molecular formula is C11H9NO. The Morgan fingerprint density at radius 1 is 1.38 bits per heavy atom. The fourth-order valence-corrected chi connectivity index (χ4v) is 1.48. The van der Waals surface area contributed by atoms with Crippen molar-refractivity contribution in [2.24, 2.45) is 0 Å². The van der Waals surface area contributed by atoms with E-state index in [-0.39, 0.29) is 6.61 Å². The molecule has 2 aromatic rings. The molecule has 0 spiro atoms. The predicted octanol–water partition coefficient (Wildman–Crippen LogP) is 1.64. The third-order valence-electron chi connectivity index (χ3n) is 2.09. The van der Waals surface area contributed by atoms with E-state index in [0.29, 0.717) is 5.69 Å². The molecule has 64 valence electrons. The molecule has 2 rings (SSSR count). The molecule has 1 aromatic carbocycles. The molecule has 0 unspecified atom stereocenters. The number of aromatic nitrogens is 1. The molecule has 0 saturated heterocycles. The second-order valence-corrected chi connectivity index (χ2v) is 2.83. The summed E-state index contributed by atoms with van der Waals surface area (Å²) in [6.45, 7) is -0.0474. The summed E-state index contributed by atoms with van der Waals surface area (Å²) in [7, 11) is 0. The summed E-state index contributed by atoms with van der Waals surface area (Å²) in [4.78, 5) is 3.07. The number of hydrogen-bond donors (Lipinski definition) is 2. The Morgan fingerprint density at radius 3 is 2.85 bits per heavy atom. The van der Waals surface area contributed by atoms with Crippen LogP contribution in [0.5, 0.6) is 0 Å². The molecule has 1 aromatic heterocycles. The van der Waals surface area contributed by atoms with Gasteiger partial charge in [0.25, 0.3) is 0 Å². The summed E-state index contributed by atoms with van der Waals surface area (Å²) >= 11 is 0. The molecule has 0 radical (unpaired) electrons. The van der Waals surface area contributed by atoms with E-state index in [1.54, 1.807) is 0 Å².